The molecule has 10 nitrogen and oxygen atoms in total. The lowest BCUT2D eigenvalue weighted by atomic mass is 10.0. The van der Waals surface area contributed by atoms with Crippen LogP contribution < -0.4 is 27.5 Å². The number of rotatable bonds is 9. The molecule has 0 radical (unpaired) electrons. The number of nitrogens with two attached hydrogens (primary N) is 1. The van der Waals surface area contributed by atoms with Crippen LogP contribution in [0.4, 0.5) is 14.5 Å². The van der Waals surface area contributed by atoms with Gasteiger partial charge in [-0.1, -0.05) is 11.6 Å². The first-order valence-corrected chi connectivity index (χ1v) is 12.9. The molecule has 0 saturated carbocycles. The molecular weight excluding hydrogens is 552 g/mol. The summed E-state index contributed by atoms with van der Waals surface area (Å²) in [5, 5.41) is 5.90. The second-order valence-corrected chi connectivity index (χ2v) is 9.19. The summed E-state index contributed by atoms with van der Waals surface area (Å²) in [6, 6.07) is 7.44. The number of anilines is 1. The van der Waals surface area contributed by atoms with E-state index in [-0.39, 0.29) is 45.4 Å². The van der Waals surface area contributed by atoms with Crippen LogP contribution in [0.2, 0.25) is 5.02 Å². The first-order chi connectivity index (χ1) is 18.7. The van der Waals surface area contributed by atoms with Crippen molar-refractivity contribution in [1.82, 2.24) is 19.9 Å². The first-order valence-electron chi connectivity index (χ1n) is 11.4. The Balaban J connectivity index is 2.08. The van der Waals surface area contributed by atoms with Gasteiger partial charge < -0.3 is 21.4 Å². The normalized spacial score (nSPS) is 12.4. The molecule has 0 bridgehead atoms. The number of halogens is 3. The number of nitrogens with zero attached hydrogens (tertiary/aromatic N) is 3. The lowest BCUT2D eigenvalue weighted by Crippen LogP contribution is -2.33. The van der Waals surface area contributed by atoms with Gasteiger partial charge in [0.2, 0.25) is 12.0 Å². The van der Waals surface area contributed by atoms with Gasteiger partial charge in [-0.25, -0.2) is 13.8 Å². The van der Waals surface area contributed by atoms with Crippen LogP contribution in [0.5, 0.6) is 0 Å². The standard InChI is InChI=1S/C25H22ClF2N7O3S/c1-30-21-18(5-4-16(26)20(21)22(29)34-39-2)35-24(33-23-15(25(35)38)3-6-19(37)32-23)17(31-11-36)9-12-7-13(27)10-14(28)8-12/h3-8,10-11,17,30H,9H2,1-2H3,(H2,29,34)(H,31,36)(H,32,37). The zero-order valence-electron chi connectivity index (χ0n) is 20.6. The maximum Gasteiger partial charge on any atom is 0.267 e. The highest BCUT2D eigenvalue weighted by molar-refractivity contribution is 7.97. The maximum absolute atomic E-state index is 14.0. The Labute approximate surface area is 229 Å². The molecule has 1 unspecified atom stereocenters. The Morgan fingerprint density at radius 2 is 1.95 bits per heavy atom. The van der Waals surface area contributed by atoms with Gasteiger partial charge in [-0.2, -0.15) is 4.40 Å². The monoisotopic (exact) mass is 573 g/mol. The third-order valence-electron chi connectivity index (χ3n) is 5.80. The van der Waals surface area contributed by atoms with Crippen molar-refractivity contribution >= 4 is 52.5 Å². The molecule has 14 heteroatoms. The fraction of sp³-hybridized carbons (Fsp3) is 0.160. The molecule has 202 valence electrons. The van der Waals surface area contributed by atoms with E-state index in [0.29, 0.717) is 17.7 Å². The van der Waals surface area contributed by atoms with Gasteiger partial charge >= 0.3 is 0 Å². The van der Waals surface area contributed by atoms with Crippen LogP contribution in [-0.2, 0) is 11.2 Å². The van der Waals surface area contributed by atoms with Gasteiger partial charge in [0.25, 0.3) is 5.56 Å². The minimum absolute atomic E-state index is 0.0312. The van der Waals surface area contributed by atoms with E-state index in [1.54, 1.807) is 19.4 Å². The van der Waals surface area contributed by atoms with E-state index in [4.69, 9.17) is 17.3 Å². The van der Waals surface area contributed by atoms with Gasteiger partial charge in [0.05, 0.1) is 33.4 Å². The molecule has 4 aromatic rings. The number of aromatic nitrogens is 3. The lowest BCUT2D eigenvalue weighted by Gasteiger charge is -2.24. The molecule has 5 N–H and O–H groups in total. The third-order valence-corrected chi connectivity index (χ3v) is 6.49. The average molecular weight is 574 g/mol. The molecule has 39 heavy (non-hydrogen) atoms. The van der Waals surface area contributed by atoms with Crippen molar-refractivity contribution in [3.05, 3.63) is 96.8 Å². The maximum atomic E-state index is 14.0. The highest BCUT2D eigenvalue weighted by atomic mass is 35.5. The molecule has 2 aromatic carbocycles. The Bertz CT molecular complexity index is 1700. The van der Waals surface area contributed by atoms with Gasteiger partial charge in [0.15, 0.2) is 0 Å². The summed E-state index contributed by atoms with van der Waals surface area (Å²) in [5.74, 6) is -1.57. The number of nitrogens with one attached hydrogen (secondary N) is 3. The van der Waals surface area contributed by atoms with E-state index in [1.807, 2.05) is 0 Å². The largest absolute Gasteiger partial charge is 0.386 e. The van der Waals surface area contributed by atoms with Crippen LogP contribution in [-0.4, -0.2) is 40.1 Å². The van der Waals surface area contributed by atoms with E-state index in [1.165, 1.54) is 22.8 Å². The summed E-state index contributed by atoms with van der Waals surface area (Å²) < 4.78 is 33.3. The molecule has 4 rings (SSSR count). The number of hydrogen-bond donors (Lipinski definition) is 4. The molecule has 0 aliphatic heterocycles. The minimum Gasteiger partial charge on any atom is -0.386 e. The third kappa shape index (κ3) is 5.64. The number of carbonyl (C=O) groups excluding carboxylic acids is 1. The van der Waals surface area contributed by atoms with Crippen molar-refractivity contribution in [3.8, 4) is 5.69 Å². The average Bonchev–Trinajstić information content (AvgIpc) is 2.87. The summed E-state index contributed by atoms with van der Waals surface area (Å²) in [6.45, 7) is 0. The van der Waals surface area contributed by atoms with E-state index >= 15 is 0 Å². The number of fused-ring (bicyclic) bond motifs is 1. The van der Waals surface area contributed by atoms with E-state index in [2.05, 4.69) is 25.0 Å². The number of carbonyl (C=O) groups is 1. The second kappa shape index (κ2) is 11.7. The number of hydrogen-bond acceptors (Lipinski definition) is 7. The zero-order valence-corrected chi connectivity index (χ0v) is 22.2. The Kier molecular flexibility index (Phi) is 8.31. The van der Waals surface area contributed by atoms with Crippen molar-refractivity contribution < 1.29 is 13.6 Å². The molecule has 0 aliphatic rings. The summed E-state index contributed by atoms with van der Waals surface area (Å²) in [5.41, 5.74) is 6.13. The predicted molar refractivity (Wildman–Crippen MR) is 149 cm³/mol. The highest BCUT2D eigenvalue weighted by Crippen LogP contribution is 2.32. The quantitative estimate of drug-likeness (QED) is 0.104. The van der Waals surface area contributed by atoms with Crippen molar-refractivity contribution in [2.24, 2.45) is 10.1 Å². The smallest absolute Gasteiger partial charge is 0.267 e. The number of pyridine rings is 1. The van der Waals surface area contributed by atoms with Crippen molar-refractivity contribution in [3.63, 3.8) is 0 Å². The molecule has 1 amide bonds. The number of amidine groups is 1. The second-order valence-electron chi connectivity index (χ2n) is 8.24. The first kappa shape index (κ1) is 27.8. The van der Waals surface area contributed by atoms with Gasteiger partial charge in [-0.05, 0) is 47.8 Å². The Morgan fingerprint density at radius 3 is 2.59 bits per heavy atom. The highest BCUT2D eigenvalue weighted by Gasteiger charge is 2.25. The molecule has 0 spiro atoms. The molecule has 2 heterocycles. The summed E-state index contributed by atoms with van der Waals surface area (Å²) in [7, 11) is 1.60. The van der Waals surface area contributed by atoms with Crippen LogP contribution in [0.3, 0.4) is 0 Å². The topological polar surface area (TPSA) is 147 Å². The number of H-pyrrole nitrogens is 1. The van der Waals surface area contributed by atoms with Gasteiger partial charge in [0.1, 0.15) is 28.9 Å². The van der Waals surface area contributed by atoms with E-state index in [0.717, 1.165) is 30.1 Å². The lowest BCUT2D eigenvalue weighted by molar-refractivity contribution is -0.110. The van der Waals surface area contributed by atoms with Crippen molar-refractivity contribution in [2.45, 2.75) is 12.5 Å². The van der Waals surface area contributed by atoms with Crippen LogP contribution >= 0.6 is 23.5 Å². The minimum atomic E-state index is -1.06. The predicted octanol–water partition coefficient (Wildman–Crippen LogP) is 3.06. The molecule has 2 aromatic heterocycles. The van der Waals surface area contributed by atoms with Crippen LogP contribution in [0.1, 0.15) is 23.0 Å². The van der Waals surface area contributed by atoms with Crippen molar-refractivity contribution in [2.75, 3.05) is 18.6 Å². The van der Waals surface area contributed by atoms with E-state index < -0.39 is 28.8 Å². The summed E-state index contributed by atoms with van der Waals surface area (Å²) in [4.78, 5) is 44.6. The zero-order chi connectivity index (χ0) is 28.3. The SMILES string of the molecule is CNc1c(-n2c(C(Cc3cc(F)cc(F)c3)NC=O)nc3[nH]c(=O)ccc3c2=O)ccc(Cl)c1C(N)=NSC. The number of aromatic amines is 1. The van der Waals surface area contributed by atoms with Gasteiger partial charge in [-0.15, -0.1) is 0 Å². The Hall–Kier alpha value is -4.23. The fourth-order valence-corrected chi connectivity index (χ4v) is 4.79. The molecule has 0 saturated heterocycles. The van der Waals surface area contributed by atoms with Crippen molar-refractivity contribution in [1.29, 1.82) is 0 Å². The Morgan fingerprint density at radius 1 is 1.23 bits per heavy atom. The fourth-order valence-electron chi connectivity index (χ4n) is 4.25. The van der Waals surface area contributed by atoms with Crippen LogP contribution in [0.25, 0.3) is 16.7 Å². The van der Waals surface area contributed by atoms with Gasteiger partial charge in [0, 0.05) is 31.9 Å². The van der Waals surface area contributed by atoms with Crippen LogP contribution in [0.15, 0.2) is 56.5 Å². The summed E-state index contributed by atoms with van der Waals surface area (Å²) >= 11 is 7.57. The number of benzene rings is 2. The molecule has 0 fully saturated rings. The molecule has 0 aliphatic carbocycles. The molecule has 1 atom stereocenters. The van der Waals surface area contributed by atoms with E-state index in [9.17, 15) is 23.2 Å². The number of amides is 1. The molecular formula is C25H22ClF2N7O3S. The summed E-state index contributed by atoms with van der Waals surface area (Å²) in [6.07, 6.45) is 1.95. The van der Waals surface area contributed by atoms with Gasteiger partial charge in [-0.3, -0.25) is 19.0 Å². The van der Waals surface area contributed by atoms with Crippen LogP contribution in [0, 0.1) is 11.6 Å².